The fourth-order valence-corrected chi connectivity index (χ4v) is 1.75. The Morgan fingerprint density at radius 2 is 1.94 bits per heavy atom. The van der Waals surface area contributed by atoms with E-state index in [1.54, 1.807) is 12.1 Å². The predicted molar refractivity (Wildman–Crippen MR) is 58.3 cm³/mol. The normalized spacial score (nSPS) is 19.1. The molecule has 1 aromatic carbocycles. The van der Waals surface area contributed by atoms with Gasteiger partial charge < -0.3 is 10.0 Å². The molecule has 1 heterocycles. The minimum Gasteiger partial charge on any atom is -0.480 e. The highest BCUT2D eigenvalue weighted by molar-refractivity contribution is 5.97. The molecule has 1 N–H and O–H groups in total. The fourth-order valence-electron chi connectivity index (χ4n) is 1.75. The molecule has 16 heavy (non-hydrogen) atoms. The van der Waals surface area contributed by atoms with Crippen molar-refractivity contribution in [2.75, 3.05) is 6.54 Å². The number of carbonyl (C=O) groups is 2. The van der Waals surface area contributed by atoms with Crippen molar-refractivity contribution in [3.05, 3.63) is 35.4 Å². The molecule has 1 amide bonds. The lowest BCUT2D eigenvalue weighted by molar-refractivity contribution is -0.146. The molecule has 1 saturated heterocycles. The third-order valence-corrected chi connectivity index (χ3v) is 2.86. The molecule has 0 spiro atoms. The number of aryl methyl sites for hydroxylation is 1. The molecule has 2 rings (SSSR count). The molecule has 1 unspecified atom stereocenters. The van der Waals surface area contributed by atoms with Crippen molar-refractivity contribution in [2.24, 2.45) is 0 Å². The standard InChI is InChI=1S/C12H13NO3/c1-8-2-4-9(5-3-8)11(14)13-7-6-10(13)12(15)16/h2-5,10H,6-7H2,1H3,(H,15,16). The van der Waals surface area contributed by atoms with Crippen LogP contribution in [0.3, 0.4) is 0 Å². The highest BCUT2D eigenvalue weighted by Gasteiger charge is 2.37. The maximum atomic E-state index is 11.9. The molecule has 0 aliphatic carbocycles. The largest absolute Gasteiger partial charge is 0.480 e. The van der Waals surface area contributed by atoms with Crippen molar-refractivity contribution >= 4 is 11.9 Å². The first-order valence-corrected chi connectivity index (χ1v) is 5.20. The first-order chi connectivity index (χ1) is 7.59. The maximum Gasteiger partial charge on any atom is 0.326 e. The number of carboxylic acids is 1. The van der Waals surface area contributed by atoms with E-state index >= 15 is 0 Å². The van der Waals surface area contributed by atoms with Crippen LogP contribution in [-0.2, 0) is 4.79 Å². The molecule has 1 aliphatic heterocycles. The molecule has 4 nitrogen and oxygen atoms in total. The Balaban J connectivity index is 2.14. The van der Waals surface area contributed by atoms with Gasteiger partial charge in [0, 0.05) is 12.1 Å². The second-order valence-electron chi connectivity index (χ2n) is 4.01. The van der Waals surface area contributed by atoms with Crippen LogP contribution >= 0.6 is 0 Å². The van der Waals surface area contributed by atoms with Crippen LogP contribution in [0, 0.1) is 6.92 Å². The summed E-state index contributed by atoms with van der Waals surface area (Å²) in [7, 11) is 0. The van der Waals surface area contributed by atoms with Gasteiger partial charge in [-0.15, -0.1) is 0 Å². The first-order valence-electron chi connectivity index (χ1n) is 5.20. The molecule has 84 valence electrons. The van der Waals surface area contributed by atoms with Crippen LogP contribution in [0.4, 0.5) is 0 Å². The zero-order valence-electron chi connectivity index (χ0n) is 9.01. The van der Waals surface area contributed by atoms with E-state index in [1.165, 1.54) is 4.90 Å². The fraction of sp³-hybridized carbons (Fsp3) is 0.333. The summed E-state index contributed by atoms with van der Waals surface area (Å²) in [5, 5.41) is 8.85. The summed E-state index contributed by atoms with van der Waals surface area (Å²) < 4.78 is 0. The number of rotatable bonds is 2. The lowest BCUT2D eigenvalue weighted by Gasteiger charge is -2.37. The van der Waals surface area contributed by atoms with Gasteiger partial charge in [-0.3, -0.25) is 4.79 Å². The zero-order valence-corrected chi connectivity index (χ0v) is 9.01. The number of hydrogen-bond acceptors (Lipinski definition) is 2. The Bertz CT molecular complexity index is 424. The number of nitrogens with zero attached hydrogens (tertiary/aromatic N) is 1. The van der Waals surface area contributed by atoms with Gasteiger partial charge in [-0.25, -0.2) is 4.79 Å². The van der Waals surface area contributed by atoms with Gasteiger partial charge in [-0.2, -0.15) is 0 Å². The third-order valence-electron chi connectivity index (χ3n) is 2.86. The summed E-state index contributed by atoms with van der Waals surface area (Å²) >= 11 is 0. The van der Waals surface area contributed by atoms with E-state index in [4.69, 9.17) is 5.11 Å². The van der Waals surface area contributed by atoms with Crippen LogP contribution in [-0.4, -0.2) is 34.5 Å². The second kappa shape index (κ2) is 3.96. The Hall–Kier alpha value is -1.84. The monoisotopic (exact) mass is 219 g/mol. The van der Waals surface area contributed by atoms with Crippen molar-refractivity contribution in [2.45, 2.75) is 19.4 Å². The van der Waals surface area contributed by atoms with Gasteiger partial charge in [-0.1, -0.05) is 17.7 Å². The summed E-state index contributed by atoms with van der Waals surface area (Å²) in [4.78, 5) is 24.1. The number of likely N-dealkylation sites (tertiary alicyclic amines) is 1. The molecule has 0 radical (unpaired) electrons. The van der Waals surface area contributed by atoms with E-state index < -0.39 is 12.0 Å². The molecule has 0 bridgehead atoms. The van der Waals surface area contributed by atoms with Crippen LogP contribution in [0.15, 0.2) is 24.3 Å². The molecule has 1 atom stereocenters. The summed E-state index contributed by atoms with van der Waals surface area (Å²) in [6, 6.07) is 6.52. The Kier molecular flexibility index (Phi) is 2.64. The van der Waals surface area contributed by atoms with E-state index in [-0.39, 0.29) is 5.91 Å². The van der Waals surface area contributed by atoms with Crippen molar-refractivity contribution in [3.8, 4) is 0 Å². The third kappa shape index (κ3) is 1.78. The summed E-state index contributed by atoms with van der Waals surface area (Å²) in [6.07, 6.45) is 0.549. The molecule has 1 fully saturated rings. The summed E-state index contributed by atoms with van der Waals surface area (Å²) in [5.74, 6) is -1.12. The average Bonchev–Trinajstić information content (AvgIpc) is 2.15. The van der Waals surface area contributed by atoms with Crippen LogP contribution in [0.2, 0.25) is 0 Å². The lowest BCUT2D eigenvalue weighted by Crippen LogP contribution is -2.55. The van der Waals surface area contributed by atoms with E-state index in [0.29, 0.717) is 18.5 Å². The minimum atomic E-state index is -0.924. The van der Waals surface area contributed by atoms with Gasteiger partial charge in [-0.05, 0) is 25.5 Å². The van der Waals surface area contributed by atoms with Gasteiger partial charge in [0.05, 0.1) is 0 Å². The molecule has 1 aromatic rings. The molecule has 0 saturated carbocycles. The summed E-state index contributed by atoms with van der Waals surface area (Å²) in [6.45, 7) is 2.47. The van der Waals surface area contributed by atoms with Gasteiger partial charge in [0.25, 0.3) is 5.91 Å². The van der Waals surface area contributed by atoms with Crippen molar-refractivity contribution in [1.29, 1.82) is 0 Å². The topological polar surface area (TPSA) is 57.6 Å². The van der Waals surface area contributed by atoms with Crippen LogP contribution in [0.1, 0.15) is 22.3 Å². The summed E-state index contributed by atoms with van der Waals surface area (Å²) in [5.41, 5.74) is 1.63. The first kappa shape index (κ1) is 10.7. The zero-order chi connectivity index (χ0) is 11.7. The number of carboxylic acid groups (broad SMARTS) is 1. The van der Waals surface area contributed by atoms with Crippen molar-refractivity contribution < 1.29 is 14.7 Å². The predicted octanol–water partition coefficient (Wildman–Crippen LogP) is 1.29. The number of benzene rings is 1. The van der Waals surface area contributed by atoms with Crippen LogP contribution < -0.4 is 0 Å². The van der Waals surface area contributed by atoms with Crippen molar-refractivity contribution in [1.82, 2.24) is 4.90 Å². The van der Waals surface area contributed by atoms with Gasteiger partial charge in [0.1, 0.15) is 6.04 Å². The molecule has 1 aliphatic rings. The lowest BCUT2D eigenvalue weighted by atomic mass is 10.0. The SMILES string of the molecule is Cc1ccc(C(=O)N2CCC2C(=O)O)cc1. The van der Waals surface area contributed by atoms with Gasteiger partial charge in [0.2, 0.25) is 0 Å². The molecule has 0 aromatic heterocycles. The highest BCUT2D eigenvalue weighted by Crippen LogP contribution is 2.20. The number of hydrogen-bond donors (Lipinski definition) is 1. The van der Waals surface area contributed by atoms with Crippen molar-refractivity contribution in [3.63, 3.8) is 0 Å². The quantitative estimate of drug-likeness (QED) is 0.815. The molecular formula is C12H13NO3. The Morgan fingerprint density at radius 3 is 2.38 bits per heavy atom. The maximum absolute atomic E-state index is 11.9. The number of amides is 1. The van der Waals surface area contributed by atoms with Gasteiger partial charge in [0.15, 0.2) is 0 Å². The Labute approximate surface area is 93.5 Å². The van der Waals surface area contributed by atoms with Crippen LogP contribution in [0.5, 0.6) is 0 Å². The van der Waals surface area contributed by atoms with E-state index in [1.807, 2.05) is 19.1 Å². The van der Waals surface area contributed by atoms with E-state index in [2.05, 4.69) is 0 Å². The Morgan fingerprint density at radius 1 is 1.31 bits per heavy atom. The highest BCUT2D eigenvalue weighted by atomic mass is 16.4. The number of carbonyl (C=O) groups excluding carboxylic acids is 1. The minimum absolute atomic E-state index is 0.196. The second-order valence-corrected chi connectivity index (χ2v) is 4.01. The smallest absolute Gasteiger partial charge is 0.326 e. The molecular weight excluding hydrogens is 206 g/mol. The molecule has 4 heteroatoms. The van der Waals surface area contributed by atoms with E-state index in [9.17, 15) is 9.59 Å². The number of aliphatic carboxylic acids is 1. The van der Waals surface area contributed by atoms with Crippen LogP contribution in [0.25, 0.3) is 0 Å². The average molecular weight is 219 g/mol. The van der Waals surface area contributed by atoms with Gasteiger partial charge >= 0.3 is 5.97 Å². The van der Waals surface area contributed by atoms with E-state index in [0.717, 1.165) is 5.56 Å².